The van der Waals surface area contributed by atoms with Crippen molar-refractivity contribution in [2.75, 3.05) is 11.1 Å². The molecule has 0 fully saturated rings. The fraction of sp³-hybridized carbons (Fsp3) is 0.235. The van der Waals surface area contributed by atoms with Gasteiger partial charge in [0.15, 0.2) is 0 Å². The quantitative estimate of drug-likeness (QED) is 0.855. The zero-order chi connectivity index (χ0) is 15.9. The number of nitriles is 1. The van der Waals surface area contributed by atoms with Crippen LogP contribution in [0.3, 0.4) is 0 Å². The van der Waals surface area contributed by atoms with Gasteiger partial charge in [-0.2, -0.15) is 5.26 Å². The second-order valence-corrected chi connectivity index (χ2v) is 6.02. The average Bonchev–Trinajstić information content (AvgIpc) is 2.47. The smallest absolute Gasteiger partial charge is 0.225 e. The molecule has 1 aromatic heterocycles. The van der Waals surface area contributed by atoms with Crippen LogP contribution in [0.25, 0.3) is 0 Å². The first-order valence-corrected chi connectivity index (χ1v) is 7.94. The van der Waals surface area contributed by atoms with E-state index in [0.717, 1.165) is 16.9 Å². The predicted molar refractivity (Wildman–Crippen MR) is 88.8 cm³/mol. The maximum atomic E-state index is 11.9. The summed E-state index contributed by atoms with van der Waals surface area (Å²) in [6.07, 6.45) is 0.374. The monoisotopic (exact) mass is 311 g/mol. The highest BCUT2D eigenvalue weighted by Gasteiger charge is 2.07. The molecule has 0 spiro atoms. The lowest BCUT2D eigenvalue weighted by Gasteiger charge is -2.06. The normalized spacial score (nSPS) is 10.0. The van der Waals surface area contributed by atoms with E-state index < -0.39 is 0 Å². The number of carbonyl (C=O) groups is 1. The van der Waals surface area contributed by atoms with Gasteiger partial charge in [-0.1, -0.05) is 12.1 Å². The number of hydrogen-bond acceptors (Lipinski definition) is 4. The van der Waals surface area contributed by atoms with Gasteiger partial charge in [0.1, 0.15) is 11.1 Å². The molecule has 2 rings (SSSR count). The molecule has 0 saturated heterocycles. The summed E-state index contributed by atoms with van der Waals surface area (Å²) in [7, 11) is 0. The van der Waals surface area contributed by atoms with Crippen LogP contribution < -0.4 is 5.32 Å². The van der Waals surface area contributed by atoms with E-state index in [2.05, 4.69) is 16.4 Å². The minimum absolute atomic E-state index is 0.0377. The minimum Gasteiger partial charge on any atom is -0.326 e. The topological polar surface area (TPSA) is 65.8 Å². The molecule has 1 heterocycles. The number of hydrogen-bond donors (Lipinski definition) is 1. The molecule has 0 bridgehead atoms. The maximum Gasteiger partial charge on any atom is 0.225 e. The molecular formula is C17H17N3OS. The second-order valence-electron chi connectivity index (χ2n) is 4.93. The third kappa shape index (κ3) is 4.61. The summed E-state index contributed by atoms with van der Waals surface area (Å²) in [5.74, 6) is 0.548. The van der Waals surface area contributed by atoms with Crippen LogP contribution in [0.15, 0.2) is 41.4 Å². The summed E-state index contributed by atoms with van der Waals surface area (Å²) in [5, 5.41) is 12.6. The van der Waals surface area contributed by atoms with E-state index in [-0.39, 0.29) is 5.91 Å². The molecule has 0 aliphatic heterocycles. The summed E-state index contributed by atoms with van der Waals surface area (Å²) in [6, 6.07) is 13.4. The number of aryl methyl sites for hydroxylation is 2. The Balaban J connectivity index is 1.87. The van der Waals surface area contributed by atoms with E-state index in [1.807, 2.05) is 44.2 Å². The van der Waals surface area contributed by atoms with Gasteiger partial charge in [0.05, 0.1) is 5.56 Å². The fourth-order valence-electron chi connectivity index (χ4n) is 1.91. The van der Waals surface area contributed by atoms with Gasteiger partial charge in [0.2, 0.25) is 5.91 Å². The Morgan fingerprint density at radius 2 is 2.14 bits per heavy atom. The highest BCUT2D eigenvalue weighted by atomic mass is 32.2. The Morgan fingerprint density at radius 3 is 2.86 bits per heavy atom. The molecule has 1 amide bonds. The number of rotatable bonds is 5. The predicted octanol–water partition coefficient (Wildman–Crippen LogP) is 3.69. The summed E-state index contributed by atoms with van der Waals surface area (Å²) >= 11 is 1.43. The Kier molecular flexibility index (Phi) is 5.56. The van der Waals surface area contributed by atoms with Crippen molar-refractivity contribution in [1.82, 2.24) is 4.98 Å². The summed E-state index contributed by atoms with van der Waals surface area (Å²) in [5.41, 5.74) is 3.33. The van der Waals surface area contributed by atoms with Crippen molar-refractivity contribution in [3.8, 4) is 6.07 Å². The van der Waals surface area contributed by atoms with Crippen LogP contribution in [-0.2, 0) is 4.79 Å². The van der Waals surface area contributed by atoms with Crippen molar-refractivity contribution in [3.63, 3.8) is 0 Å². The van der Waals surface area contributed by atoms with E-state index in [1.54, 1.807) is 6.07 Å². The average molecular weight is 311 g/mol. The zero-order valence-corrected chi connectivity index (χ0v) is 13.4. The third-order valence-corrected chi connectivity index (χ3v) is 3.98. The molecule has 0 saturated carbocycles. The Bertz CT molecular complexity index is 722. The van der Waals surface area contributed by atoms with Crippen LogP contribution >= 0.6 is 11.8 Å². The Labute approximate surface area is 134 Å². The van der Waals surface area contributed by atoms with E-state index in [4.69, 9.17) is 5.26 Å². The van der Waals surface area contributed by atoms with Gasteiger partial charge >= 0.3 is 0 Å². The van der Waals surface area contributed by atoms with Gasteiger partial charge in [-0.3, -0.25) is 4.79 Å². The number of amides is 1. The largest absolute Gasteiger partial charge is 0.326 e. The van der Waals surface area contributed by atoms with Gasteiger partial charge in [0.25, 0.3) is 0 Å². The number of pyridine rings is 1. The standard InChI is InChI=1S/C17H17N3OS/c1-12-4-3-5-15(10-12)20-16(21)8-9-22-17-14(11-18)7-6-13(2)19-17/h3-7,10H,8-9H2,1-2H3,(H,20,21). The van der Waals surface area contributed by atoms with Gasteiger partial charge in [-0.15, -0.1) is 11.8 Å². The lowest BCUT2D eigenvalue weighted by molar-refractivity contribution is -0.115. The molecule has 0 radical (unpaired) electrons. The molecule has 5 heteroatoms. The van der Waals surface area contributed by atoms with Crippen molar-refractivity contribution < 1.29 is 4.79 Å². The molecule has 1 aromatic carbocycles. The number of nitrogens with zero attached hydrogens (tertiary/aromatic N) is 2. The first kappa shape index (κ1) is 16.1. The van der Waals surface area contributed by atoms with Crippen molar-refractivity contribution in [3.05, 3.63) is 53.2 Å². The van der Waals surface area contributed by atoms with Crippen LogP contribution in [0, 0.1) is 25.2 Å². The summed E-state index contributed by atoms with van der Waals surface area (Å²) in [6.45, 7) is 3.87. The van der Waals surface area contributed by atoms with Gasteiger partial charge < -0.3 is 5.32 Å². The number of thioether (sulfide) groups is 1. The van der Waals surface area contributed by atoms with Gasteiger partial charge in [0, 0.05) is 23.6 Å². The molecular weight excluding hydrogens is 294 g/mol. The molecule has 1 N–H and O–H groups in total. The van der Waals surface area contributed by atoms with Gasteiger partial charge in [-0.05, 0) is 43.7 Å². The van der Waals surface area contributed by atoms with Crippen LogP contribution in [0.4, 0.5) is 5.69 Å². The van der Waals surface area contributed by atoms with Crippen molar-refractivity contribution in [1.29, 1.82) is 5.26 Å². The fourth-order valence-corrected chi connectivity index (χ4v) is 2.87. The van der Waals surface area contributed by atoms with Crippen molar-refractivity contribution in [2.24, 2.45) is 0 Å². The number of nitrogens with one attached hydrogen (secondary N) is 1. The number of aromatic nitrogens is 1. The molecule has 0 atom stereocenters. The van der Waals surface area contributed by atoms with Crippen molar-refractivity contribution >= 4 is 23.4 Å². The summed E-state index contributed by atoms with van der Waals surface area (Å²) in [4.78, 5) is 16.3. The minimum atomic E-state index is -0.0377. The van der Waals surface area contributed by atoms with Crippen LogP contribution in [0.2, 0.25) is 0 Å². The van der Waals surface area contributed by atoms with E-state index in [9.17, 15) is 4.79 Å². The Morgan fingerprint density at radius 1 is 1.32 bits per heavy atom. The molecule has 112 valence electrons. The number of benzene rings is 1. The maximum absolute atomic E-state index is 11.9. The van der Waals surface area contributed by atoms with Crippen LogP contribution in [-0.4, -0.2) is 16.6 Å². The summed E-state index contributed by atoms with van der Waals surface area (Å²) < 4.78 is 0. The molecule has 0 aliphatic carbocycles. The lowest BCUT2D eigenvalue weighted by Crippen LogP contribution is -2.12. The van der Waals surface area contributed by atoms with Crippen molar-refractivity contribution in [2.45, 2.75) is 25.3 Å². The van der Waals surface area contributed by atoms with E-state index in [0.29, 0.717) is 22.8 Å². The number of carbonyl (C=O) groups excluding carboxylic acids is 1. The highest BCUT2D eigenvalue weighted by Crippen LogP contribution is 2.21. The lowest BCUT2D eigenvalue weighted by atomic mass is 10.2. The molecule has 2 aromatic rings. The molecule has 22 heavy (non-hydrogen) atoms. The van der Waals surface area contributed by atoms with E-state index >= 15 is 0 Å². The van der Waals surface area contributed by atoms with Gasteiger partial charge in [-0.25, -0.2) is 4.98 Å². The number of anilines is 1. The first-order chi connectivity index (χ1) is 10.6. The SMILES string of the molecule is Cc1cccc(NC(=O)CCSc2nc(C)ccc2C#N)c1. The highest BCUT2D eigenvalue weighted by molar-refractivity contribution is 7.99. The Hall–Kier alpha value is -2.32. The van der Waals surface area contributed by atoms with Crippen LogP contribution in [0.5, 0.6) is 0 Å². The van der Waals surface area contributed by atoms with E-state index in [1.165, 1.54) is 11.8 Å². The third-order valence-electron chi connectivity index (χ3n) is 2.99. The molecule has 0 aliphatic rings. The zero-order valence-electron chi connectivity index (χ0n) is 12.6. The van der Waals surface area contributed by atoms with Crippen LogP contribution in [0.1, 0.15) is 23.2 Å². The second kappa shape index (κ2) is 7.62. The molecule has 0 unspecified atom stereocenters. The molecule has 4 nitrogen and oxygen atoms in total. The first-order valence-electron chi connectivity index (χ1n) is 6.95.